The van der Waals surface area contributed by atoms with Gasteiger partial charge in [0.2, 0.25) is 0 Å². The molecule has 39 valence electrons. The maximum absolute atomic E-state index is 5.68. The van der Waals surface area contributed by atoms with Gasteiger partial charge in [0.1, 0.15) is 0 Å². The predicted molar refractivity (Wildman–Crippen MR) is 32.5 cm³/mol. The Morgan fingerprint density at radius 1 is 1.38 bits per heavy atom. The second-order valence-corrected chi connectivity index (χ2v) is 2.57. The molecule has 0 aliphatic heterocycles. The average Bonchev–Trinajstić information content (AvgIpc) is 1.91. The molecule has 0 aromatic heterocycles. The second-order valence-electron chi connectivity index (χ2n) is 2.57. The van der Waals surface area contributed by atoms with Crippen LogP contribution in [0.4, 0.5) is 0 Å². The smallest absolute Gasteiger partial charge is 0.621 e. The molecule has 0 aromatic rings. The third-order valence-electron chi connectivity index (χ3n) is 1.93. The van der Waals surface area contributed by atoms with Crippen LogP contribution in [0, 0.1) is 5.92 Å². The maximum Gasteiger partial charge on any atom is 1.00 e. The summed E-state index contributed by atoms with van der Waals surface area (Å²) in [5, 5.41) is 0. The van der Waals surface area contributed by atoms with Gasteiger partial charge in [-0.1, -0.05) is 32.1 Å². The van der Waals surface area contributed by atoms with Crippen molar-refractivity contribution in [3.05, 3.63) is 0 Å². The van der Waals surface area contributed by atoms with E-state index in [1.54, 1.807) is 0 Å². The molecule has 1 fully saturated rings. The molecule has 0 amide bonds. The standard InChI is InChI=1S/C6H11B.Li/c1-5-3-2-4-6(5)7;/h5-6H,2-4H2,1H3;/q-1;+1/t5-,6-;/m1./s1. The third-order valence-corrected chi connectivity index (χ3v) is 1.93. The van der Waals surface area contributed by atoms with Gasteiger partial charge in [-0.2, -0.15) is 0 Å². The van der Waals surface area contributed by atoms with Crippen molar-refractivity contribution in [2.24, 2.45) is 5.92 Å². The van der Waals surface area contributed by atoms with Gasteiger partial charge in [-0.3, -0.25) is 5.82 Å². The Balaban J connectivity index is 0.000000490. The molecule has 1 rings (SSSR count). The molecule has 0 heterocycles. The van der Waals surface area contributed by atoms with Crippen LogP contribution in [0.2, 0.25) is 5.82 Å². The van der Waals surface area contributed by atoms with Crippen LogP contribution >= 0.6 is 0 Å². The quantitative estimate of drug-likeness (QED) is 0.335. The molecule has 0 N–H and O–H groups in total. The molecule has 0 nitrogen and oxygen atoms in total. The molecule has 3 radical (unpaired) electrons. The van der Waals surface area contributed by atoms with Gasteiger partial charge in [0.25, 0.3) is 0 Å². The summed E-state index contributed by atoms with van der Waals surface area (Å²) in [6, 6.07) is 0. The Kier molecular flexibility index (Phi) is 3.94. The first-order chi connectivity index (χ1) is 3.30. The molecular formula is C6H11BLi. The Morgan fingerprint density at radius 2 is 2.00 bits per heavy atom. The summed E-state index contributed by atoms with van der Waals surface area (Å²) >= 11 is 0. The molecule has 0 saturated heterocycles. The van der Waals surface area contributed by atoms with Crippen LogP contribution in [0.25, 0.3) is 0 Å². The van der Waals surface area contributed by atoms with Crippen LogP contribution in [0.5, 0.6) is 0 Å². The minimum Gasteiger partial charge on any atom is -0.621 e. The Bertz CT molecular complexity index is 57.5. The fourth-order valence-corrected chi connectivity index (χ4v) is 1.17. The van der Waals surface area contributed by atoms with E-state index in [1.807, 2.05) is 0 Å². The van der Waals surface area contributed by atoms with Crippen LogP contribution in [0.3, 0.4) is 0 Å². The number of rotatable bonds is 0. The van der Waals surface area contributed by atoms with Gasteiger partial charge in [0.15, 0.2) is 0 Å². The topological polar surface area (TPSA) is 0 Å². The van der Waals surface area contributed by atoms with Crippen molar-refractivity contribution in [3.8, 4) is 0 Å². The summed E-state index contributed by atoms with van der Waals surface area (Å²) in [5.41, 5.74) is 0. The van der Waals surface area contributed by atoms with E-state index in [9.17, 15) is 0 Å². The van der Waals surface area contributed by atoms with E-state index in [0.717, 1.165) is 5.92 Å². The van der Waals surface area contributed by atoms with Crippen LogP contribution in [0.15, 0.2) is 0 Å². The molecule has 1 saturated carbocycles. The molecule has 1 aliphatic rings. The first kappa shape index (κ1) is 8.66. The van der Waals surface area contributed by atoms with Crippen molar-refractivity contribution < 1.29 is 18.9 Å². The normalized spacial score (nSPS) is 36.8. The van der Waals surface area contributed by atoms with Crippen LogP contribution in [-0.2, 0) is 0 Å². The largest absolute Gasteiger partial charge is 1.00 e. The summed E-state index contributed by atoms with van der Waals surface area (Å²) < 4.78 is 0. The van der Waals surface area contributed by atoms with Crippen molar-refractivity contribution in [1.82, 2.24) is 0 Å². The minimum absolute atomic E-state index is 0. The summed E-state index contributed by atoms with van der Waals surface area (Å²) in [6.45, 7) is 2.23. The van der Waals surface area contributed by atoms with Gasteiger partial charge in [0, 0.05) is 0 Å². The van der Waals surface area contributed by atoms with E-state index < -0.39 is 0 Å². The van der Waals surface area contributed by atoms with Crippen LogP contribution in [0.1, 0.15) is 26.2 Å². The van der Waals surface area contributed by atoms with Crippen molar-refractivity contribution >= 4 is 7.85 Å². The van der Waals surface area contributed by atoms with Gasteiger partial charge < -0.3 is 7.85 Å². The van der Waals surface area contributed by atoms with E-state index in [-0.39, 0.29) is 18.9 Å². The van der Waals surface area contributed by atoms with Crippen molar-refractivity contribution in [2.45, 2.75) is 32.0 Å². The van der Waals surface area contributed by atoms with E-state index in [2.05, 4.69) is 6.92 Å². The SMILES string of the molecule is [B-][C@@H]1CCC[C@H]1C.[Li+]. The Morgan fingerprint density at radius 3 is 2.12 bits per heavy atom. The number of hydrogen-bond acceptors (Lipinski definition) is 0. The molecule has 2 atom stereocenters. The second kappa shape index (κ2) is 3.64. The molecule has 0 spiro atoms. The van der Waals surface area contributed by atoms with Gasteiger partial charge in [-0.25, -0.2) is 0 Å². The van der Waals surface area contributed by atoms with E-state index >= 15 is 0 Å². The van der Waals surface area contributed by atoms with E-state index in [4.69, 9.17) is 7.85 Å². The first-order valence-corrected chi connectivity index (χ1v) is 3.06. The maximum atomic E-state index is 5.68. The monoisotopic (exact) mass is 101 g/mol. The average molecular weight is 101 g/mol. The summed E-state index contributed by atoms with van der Waals surface area (Å²) in [4.78, 5) is 0. The molecule has 0 bridgehead atoms. The minimum atomic E-state index is 0. The van der Waals surface area contributed by atoms with Crippen molar-refractivity contribution in [3.63, 3.8) is 0 Å². The fraction of sp³-hybridized carbons (Fsp3) is 1.00. The van der Waals surface area contributed by atoms with Gasteiger partial charge in [-0.05, 0) is 0 Å². The van der Waals surface area contributed by atoms with Crippen LogP contribution < -0.4 is 18.9 Å². The predicted octanol–water partition coefficient (Wildman–Crippen LogP) is -1.23. The van der Waals surface area contributed by atoms with Crippen molar-refractivity contribution in [1.29, 1.82) is 0 Å². The Labute approximate surface area is 65.0 Å². The molecular weight excluding hydrogens is 89.8 g/mol. The molecule has 0 unspecified atom stereocenters. The zero-order valence-corrected chi connectivity index (χ0v) is 5.85. The van der Waals surface area contributed by atoms with Crippen molar-refractivity contribution in [2.75, 3.05) is 0 Å². The fourth-order valence-electron chi connectivity index (χ4n) is 1.17. The Hall–Kier alpha value is 0.662. The molecule has 0 aromatic carbocycles. The van der Waals surface area contributed by atoms with E-state index in [0.29, 0.717) is 5.82 Å². The van der Waals surface area contributed by atoms with Gasteiger partial charge in [0.05, 0.1) is 0 Å². The van der Waals surface area contributed by atoms with E-state index in [1.165, 1.54) is 19.3 Å². The summed E-state index contributed by atoms with van der Waals surface area (Å²) in [7, 11) is 5.68. The zero-order chi connectivity index (χ0) is 5.28. The summed E-state index contributed by atoms with van der Waals surface area (Å²) in [6.07, 6.45) is 3.95. The zero-order valence-electron chi connectivity index (χ0n) is 5.85. The summed E-state index contributed by atoms with van der Waals surface area (Å²) in [5.74, 6) is 1.31. The van der Waals surface area contributed by atoms with Gasteiger partial charge in [-0.15, -0.1) is 0 Å². The molecule has 2 heteroatoms. The molecule has 1 aliphatic carbocycles. The van der Waals surface area contributed by atoms with Crippen LogP contribution in [-0.4, -0.2) is 7.85 Å². The molecule has 8 heavy (non-hydrogen) atoms. The first-order valence-electron chi connectivity index (χ1n) is 3.06. The van der Waals surface area contributed by atoms with Gasteiger partial charge >= 0.3 is 18.9 Å². The third kappa shape index (κ3) is 1.88. The number of hydrogen-bond donors (Lipinski definition) is 0.